The number of furan rings is 1. The van der Waals surface area contributed by atoms with Crippen molar-refractivity contribution in [1.29, 1.82) is 0 Å². The first kappa shape index (κ1) is 13.1. The Balaban J connectivity index is 1.82. The molecule has 5 nitrogen and oxygen atoms in total. The van der Waals surface area contributed by atoms with Crippen LogP contribution in [0, 0.1) is 0 Å². The van der Waals surface area contributed by atoms with Gasteiger partial charge in [0, 0.05) is 13.1 Å². The Hall–Kier alpha value is -1.33. The summed E-state index contributed by atoms with van der Waals surface area (Å²) < 4.78 is 5.23. The maximum atomic E-state index is 10.6. The Morgan fingerprint density at radius 2 is 2.17 bits per heavy atom. The third-order valence-corrected chi connectivity index (χ3v) is 3.39. The number of nitrogens with zero attached hydrogens (tertiary/aromatic N) is 1. The largest absolute Gasteiger partial charge is 0.542 e. The van der Waals surface area contributed by atoms with Crippen molar-refractivity contribution in [1.82, 2.24) is 4.90 Å². The molecule has 1 aromatic rings. The van der Waals surface area contributed by atoms with Crippen LogP contribution < -0.4 is 10.0 Å². The van der Waals surface area contributed by atoms with Crippen LogP contribution >= 0.6 is 0 Å². The minimum absolute atomic E-state index is 0.0750. The van der Waals surface area contributed by atoms with E-state index < -0.39 is 5.97 Å². The molecular weight excluding hydrogens is 232 g/mol. The summed E-state index contributed by atoms with van der Waals surface area (Å²) in [6.07, 6.45) is 1.20. The van der Waals surface area contributed by atoms with Gasteiger partial charge < -0.3 is 19.2 Å². The van der Waals surface area contributed by atoms with Crippen LogP contribution in [0.1, 0.15) is 29.7 Å². The lowest BCUT2D eigenvalue weighted by Crippen LogP contribution is -3.13. The Kier molecular flexibility index (Phi) is 4.38. The van der Waals surface area contributed by atoms with Crippen molar-refractivity contribution in [3.05, 3.63) is 23.7 Å². The number of hydrogen-bond donors (Lipinski definition) is 1. The predicted octanol–water partition coefficient (Wildman–Crippen LogP) is -1.25. The van der Waals surface area contributed by atoms with Crippen LogP contribution in [0.15, 0.2) is 16.5 Å². The Labute approximate surface area is 107 Å². The number of carbonyl (C=O) groups excluding carboxylic acids is 1. The van der Waals surface area contributed by atoms with E-state index in [1.807, 2.05) is 0 Å². The summed E-state index contributed by atoms with van der Waals surface area (Å²) in [5.74, 6) is -0.592. The van der Waals surface area contributed by atoms with Crippen LogP contribution in [0.3, 0.4) is 0 Å². The molecule has 0 amide bonds. The molecule has 0 saturated carbocycles. The van der Waals surface area contributed by atoms with E-state index in [-0.39, 0.29) is 5.76 Å². The van der Waals surface area contributed by atoms with Gasteiger partial charge >= 0.3 is 0 Å². The fourth-order valence-electron chi connectivity index (χ4n) is 2.41. The van der Waals surface area contributed by atoms with Crippen LogP contribution in [0.25, 0.3) is 0 Å². The molecule has 2 heterocycles. The minimum Gasteiger partial charge on any atom is -0.542 e. The van der Waals surface area contributed by atoms with Gasteiger partial charge in [0.25, 0.3) is 0 Å². The Bertz CT molecular complexity index is 395. The summed E-state index contributed by atoms with van der Waals surface area (Å²) in [5.41, 5.74) is 0. The number of quaternary nitrogens is 1. The van der Waals surface area contributed by atoms with Crippen molar-refractivity contribution >= 4 is 5.97 Å². The zero-order valence-corrected chi connectivity index (χ0v) is 10.8. The van der Waals surface area contributed by atoms with Crippen molar-refractivity contribution in [3.63, 3.8) is 0 Å². The third kappa shape index (κ3) is 3.34. The fraction of sp³-hybridized carbons (Fsp3) is 0.615. The summed E-state index contributed by atoms with van der Waals surface area (Å²) >= 11 is 0. The molecule has 1 aromatic heterocycles. The number of piperazine rings is 1. The van der Waals surface area contributed by atoms with Gasteiger partial charge in [-0.2, -0.15) is 0 Å². The molecule has 0 aromatic carbocycles. The summed E-state index contributed by atoms with van der Waals surface area (Å²) in [6, 6.07) is 3.20. The van der Waals surface area contributed by atoms with E-state index >= 15 is 0 Å². The van der Waals surface area contributed by atoms with E-state index in [4.69, 9.17) is 4.42 Å². The van der Waals surface area contributed by atoms with E-state index in [1.54, 1.807) is 6.07 Å². The number of rotatable bonds is 5. The van der Waals surface area contributed by atoms with Crippen molar-refractivity contribution in [2.75, 3.05) is 32.7 Å². The fourth-order valence-corrected chi connectivity index (χ4v) is 2.41. The monoisotopic (exact) mass is 252 g/mol. The zero-order chi connectivity index (χ0) is 13.0. The molecule has 2 rings (SSSR count). The van der Waals surface area contributed by atoms with Crippen LogP contribution in [-0.4, -0.2) is 43.6 Å². The number of carboxylic acid groups (broad SMARTS) is 1. The second-order valence-corrected chi connectivity index (χ2v) is 4.82. The van der Waals surface area contributed by atoms with E-state index in [0.717, 1.165) is 38.5 Å². The van der Waals surface area contributed by atoms with Gasteiger partial charge in [-0.25, -0.2) is 0 Å². The third-order valence-electron chi connectivity index (χ3n) is 3.39. The van der Waals surface area contributed by atoms with Gasteiger partial charge in [-0.15, -0.1) is 0 Å². The average Bonchev–Trinajstić information content (AvgIpc) is 2.81. The highest BCUT2D eigenvalue weighted by Crippen LogP contribution is 2.05. The molecule has 0 bridgehead atoms. The highest BCUT2D eigenvalue weighted by atomic mass is 16.4. The SMILES string of the molecule is CCCN1CC[NH+](Cc2ccc(C(=O)[O-])o2)CC1. The Morgan fingerprint density at radius 1 is 1.44 bits per heavy atom. The van der Waals surface area contributed by atoms with E-state index in [2.05, 4.69) is 11.8 Å². The molecular formula is C13H20N2O3. The van der Waals surface area contributed by atoms with Crippen LogP contribution in [0.4, 0.5) is 0 Å². The normalized spacial score (nSPS) is 18.1. The first-order valence-electron chi connectivity index (χ1n) is 6.55. The quantitative estimate of drug-likeness (QED) is 0.711. The number of hydrogen-bond acceptors (Lipinski definition) is 4. The van der Waals surface area contributed by atoms with Crippen molar-refractivity contribution < 1.29 is 19.2 Å². The van der Waals surface area contributed by atoms with Crippen molar-refractivity contribution in [3.8, 4) is 0 Å². The molecule has 1 N–H and O–H groups in total. The first-order chi connectivity index (χ1) is 8.69. The topological polar surface area (TPSA) is 61.0 Å². The number of aromatic carboxylic acids is 1. The van der Waals surface area contributed by atoms with E-state index in [9.17, 15) is 9.90 Å². The second-order valence-electron chi connectivity index (χ2n) is 4.82. The number of nitrogens with one attached hydrogen (secondary N) is 1. The van der Waals surface area contributed by atoms with Crippen molar-refractivity contribution in [2.45, 2.75) is 19.9 Å². The summed E-state index contributed by atoms with van der Waals surface area (Å²) in [7, 11) is 0. The molecule has 1 fully saturated rings. The standard InChI is InChI=1S/C13H20N2O3/c1-2-5-14-6-8-15(9-7-14)10-11-3-4-12(18-11)13(16)17/h3-4H,2,5-10H2,1H3,(H,16,17). The molecule has 0 atom stereocenters. The number of carboxylic acids is 1. The van der Waals surface area contributed by atoms with Gasteiger partial charge in [0.05, 0.1) is 13.1 Å². The lowest BCUT2D eigenvalue weighted by molar-refractivity contribution is -0.919. The number of carbonyl (C=O) groups is 1. The van der Waals surface area contributed by atoms with Crippen LogP contribution in [0.2, 0.25) is 0 Å². The zero-order valence-electron chi connectivity index (χ0n) is 10.8. The minimum atomic E-state index is -1.25. The van der Waals surface area contributed by atoms with Gasteiger partial charge in [-0.3, -0.25) is 4.90 Å². The maximum absolute atomic E-state index is 10.6. The molecule has 1 saturated heterocycles. The van der Waals surface area contributed by atoms with Gasteiger partial charge in [-0.1, -0.05) is 6.92 Å². The van der Waals surface area contributed by atoms with Crippen LogP contribution in [0.5, 0.6) is 0 Å². The summed E-state index contributed by atoms with van der Waals surface area (Å²) in [4.78, 5) is 14.5. The van der Waals surface area contributed by atoms with Gasteiger partial charge in [0.15, 0.2) is 5.76 Å². The van der Waals surface area contributed by atoms with Gasteiger partial charge in [0.2, 0.25) is 0 Å². The lowest BCUT2D eigenvalue weighted by Gasteiger charge is -2.31. The first-order valence-corrected chi connectivity index (χ1v) is 6.55. The lowest BCUT2D eigenvalue weighted by atomic mass is 10.3. The molecule has 18 heavy (non-hydrogen) atoms. The summed E-state index contributed by atoms with van der Waals surface area (Å²) in [5, 5.41) is 10.6. The highest BCUT2D eigenvalue weighted by Gasteiger charge is 2.20. The molecule has 5 heteroatoms. The average molecular weight is 252 g/mol. The van der Waals surface area contributed by atoms with Crippen LogP contribution in [-0.2, 0) is 6.54 Å². The molecule has 0 unspecified atom stereocenters. The van der Waals surface area contributed by atoms with E-state index in [1.165, 1.54) is 23.9 Å². The highest BCUT2D eigenvalue weighted by molar-refractivity contribution is 5.82. The predicted molar refractivity (Wildman–Crippen MR) is 64.2 cm³/mol. The van der Waals surface area contributed by atoms with Crippen molar-refractivity contribution in [2.24, 2.45) is 0 Å². The van der Waals surface area contributed by atoms with Gasteiger partial charge in [-0.05, 0) is 25.1 Å². The molecule has 0 spiro atoms. The van der Waals surface area contributed by atoms with Gasteiger partial charge in [0.1, 0.15) is 18.3 Å². The molecule has 1 aliphatic heterocycles. The maximum Gasteiger partial charge on any atom is 0.159 e. The molecule has 1 aliphatic rings. The Morgan fingerprint density at radius 3 is 2.72 bits per heavy atom. The van der Waals surface area contributed by atoms with E-state index in [0.29, 0.717) is 0 Å². The molecule has 100 valence electrons. The molecule has 0 radical (unpaired) electrons. The molecule has 0 aliphatic carbocycles. The summed E-state index contributed by atoms with van der Waals surface area (Å²) in [6.45, 7) is 8.51. The second kappa shape index (κ2) is 6.02. The smallest absolute Gasteiger partial charge is 0.159 e.